The van der Waals surface area contributed by atoms with Crippen molar-refractivity contribution in [3.8, 4) is 16.9 Å². The van der Waals surface area contributed by atoms with E-state index < -0.39 is 23.4 Å². The molecule has 1 aromatic heterocycles. The molecule has 3 rings (SSSR count). The number of hydrogen-bond donors (Lipinski definition) is 1. The molecule has 0 radical (unpaired) electrons. The number of aromatic hydroxyl groups is 1. The Morgan fingerprint density at radius 1 is 1.26 bits per heavy atom. The maximum Gasteiger partial charge on any atom is 0.416 e. The summed E-state index contributed by atoms with van der Waals surface area (Å²) < 4.78 is 45.5. The monoisotopic (exact) mass is 383 g/mol. The molecule has 9 heteroatoms. The van der Waals surface area contributed by atoms with E-state index in [1.54, 1.807) is 31.6 Å². The van der Waals surface area contributed by atoms with Crippen LogP contribution in [0.15, 0.2) is 30.6 Å². The molecule has 1 N–H and O–H groups in total. The minimum absolute atomic E-state index is 0.0550. The van der Waals surface area contributed by atoms with Crippen molar-refractivity contribution in [1.82, 2.24) is 14.7 Å². The van der Waals surface area contributed by atoms with Crippen LogP contribution in [0, 0.1) is 0 Å². The van der Waals surface area contributed by atoms with Gasteiger partial charge < -0.3 is 14.7 Å². The number of carbonyl (C=O) groups excluding carboxylic acids is 1. The average Bonchev–Trinajstić information content (AvgIpc) is 2.92. The lowest BCUT2D eigenvalue weighted by Crippen LogP contribution is -2.52. The summed E-state index contributed by atoms with van der Waals surface area (Å²) in [6.07, 6.45) is -1.96. The van der Waals surface area contributed by atoms with E-state index in [0.717, 1.165) is 18.2 Å². The van der Waals surface area contributed by atoms with Crippen LogP contribution in [0.25, 0.3) is 11.1 Å². The molecule has 0 spiro atoms. The van der Waals surface area contributed by atoms with Crippen molar-refractivity contribution < 1.29 is 27.8 Å². The number of rotatable bonds is 2. The van der Waals surface area contributed by atoms with E-state index in [4.69, 9.17) is 4.74 Å². The first-order valence-corrected chi connectivity index (χ1v) is 8.37. The van der Waals surface area contributed by atoms with E-state index in [-0.39, 0.29) is 17.4 Å². The molecule has 1 aliphatic rings. The van der Waals surface area contributed by atoms with Gasteiger partial charge in [0.25, 0.3) is 0 Å². The van der Waals surface area contributed by atoms with E-state index in [0.29, 0.717) is 18.7 Å². The van der Waals surface area contributed by atoms with Crippen LogP contribution in [0.4, 0.5) is 18.0 Å². The van der Waals surface area contributed by atoms with Gasteiger partial charge in [-0.1, -0.05) is 0 Å². The van der Waals surface area contributed by atoms with Gasteiger partial charge in [0.2, 0.25) is 0 Å². The molecular formula is C18H20F3N3O3. The molecule has 1 amide bonds. The molecule has 0 bridgehead atoms. The molecule has 27 heavy (non-hydrogen) atoms. The number of benzene rings is 1. The van der Waals surface area contributed by atoms with E-state index in [2.05, 4.69) is 5.10 Å². The van der Waals surface area contributed by atoms with Crippen molar-refractivity contribution in [2.45, 2.75) is 38.6 Å². The van der Waals surface area contributed by atoms with Crippen LogP contribution in [0.3, 0.4) is 0 Å². The zero-order chi connectivity index (χ0) is 20.0. The van der Waals surface area contributed by atoms with Gasteiger partial charge in [0.15, 0.2) is 0 Å². The number of phenols is 1. The summed E-state index contributed by atoms with van der Waals surface area (Å²) in [6, 6.07) is 2.64. The van der Waals surface area contributed by atoms with Crippen molar-refractivity contribution in [1.29, 1.82) is 0 Å². The highest BCUT2D eigenvalue weighted by Gasteiger charge is 2.35. The number of likely N-dealkylation sites (tertiary alicyclic amines) is 1. The topological polar surface area (TPSA) is 67.6 Å². The smallest absolute Gasteiger partial charge is 0.416 e. The third-order valence-electron chi connectivity index (χ3n) is 4.12. The number of carbonyl (C=O) groups is 1. The standard InChI is InChI=1S/C18H20F3N3O3/c1-17(2,3)27-16(26)23-9-13(10-23)24-8-11(7-22-24)14-6-12(18(19,20)21)4-5-15(14)25/h4-8,13,25H,9-10H2,1-3H3. The summed E-state index contributed by atoms with van der Waals surface area (Å²) in [5.41, 5.74) is -1.00. The highest BCUT2D eigenvalue weighted by Crippen LogP contribution is 2.37. The normalized spacial score (nSPS) is 15.6. The van der Waals surface area contributed by atoms with Gasteiger partial charge in [-0.05, 0) is 39.0 Å². The van der Waals surface area contributed by atoms with Gasteiger partial charge in [0.05, 0.1) is 17.8 Å². The third-order valence-corrected chi connectivity index (χ3v) is 4.12. The fraction of sp³-hybridized carbons (Fsp3) is 0.444. The Kier molecular flexibility index (Phi) is 4.57. The van der Waals surface area contributed by atoms with Crippen LogP contribution < -0.4 is 0 Å². The summed E-state index contributed by atoms with van der Waals surface area (Å²) in [5.74, 6) is -0.258. The number of halogens is 3. The Morgan fingerprint density at radius 2 is 1.93 bits per heavy atom. The summed E-state index contributed by atoms with van der Waals surface area (Å²) in [5, 5.41) is 14.1. The highest BCUT2D eigenvalue weighted by molar-refractivity contribution is 5.70. The summed E-state index contributed by atoms with van der Waals surface area (Å²) in [4.78, 5) is 13.5. The maximum atomic E-state index is 12.9. The van der Waals surface area contributed by atoms with Crippen LogP contribution >= 0.6 is 0 Å². The van der Waals surface area contributed by atoms with E-state index in [9.17, 15) is 23.1 Å². The molecule has 1 saturated heterocycles. The van der Waals surface area contributed by atoms with Crippen LogP contribution in [0.1, 0.15) is 32.4 Å². The molecule has 146 valence electrons. The van der Waals surface area contributed by atoms with Crippen LogP contribution in [-0.2, 0) is 10.9 Å². The Balaban J connectivity index is 1.71. The van der Waals surface area contributed by atoms with Crippen molar-refractivity contribution in [2.24, 2.45) is 0 Å². The number of phenolic OH excluding ortho intramolecular Hbond substituents is 1. The van der Waals surface area contributed by atoms with Crippen molar-refractivity contribution in [2.75, 3.05) is 13.1 Å². The number of amides is 1. The lowest BCUT2D eigenvalue weighted by molar-refractivity contribution is -0.137. The quantitative estimate of drug-likeness (QED) is 0.849. The molecule has 0 atom stereocenters. The molecule has 1 aliphatic heterocycles. The third kappa shape index (κ3) is 4.17. The van der Waals surface area contributed by atoms with E-state index in [1.807, 2.05) is 0 Å². The summed E-state index contributed by atoms with van der Waals surface area (Å²) >= 11 is 0. The molecule has 2 heterocycles. The predicted octanol–water partition coefficient (Wildman–Crippen LogP) is 4.07. The number of hydrogen-bond acceptors (Lipinski definition) is 4. The number of alkyl halides is 3. The first kappa shape index (κ1) is 19.1. The van der Waals surface area contributed by atoms with E-state index in [1.165, 1.54) is 11.1 Å². The second kappa shape index (κ2) is 6.47. The minimum atomic E-state index is -4.50. The maximum absolute atomic E-state index is 12.9. The number of aromatic nitrogens is 2. The SMILES string of the molecule is CC(C)(C)OC(=O)N1CC(n2cc(-c3cc(C(F)(F)F)ccc3O)cn2)C1. The van der Waals surface area contributed by atoms with Crippen LogP contribution in [-0.4, -0.2) is 44.6 Å². The summed E-state index contributed by atoms with van der Waals surface area (Å²) in [7, 11) is 0. The Hall–Kier alpha value is -2.71. The van der Waals surface area contributed by atoms with Crippen molar-refractivity contribution in [3.05, 3.63) is 36.2 Å². The van der Waals surface area contributed by atoms with Crippen LogP contribution in [0.2, 0.25) is 0 Å². The molecule has 0 unspecified atom stereocenters. The van der Waals surface area contributed by atoms with Gasteiger partial charge in [-0.15, -0.1) is 0 Å². The van der Waals surface area contributed by atoms with Gasteiger partial charge >= 0.3 is 12.3 Å². The lowest BCUT2D eigenvalue weighted by Gasteiger charge is -2.39. The number of nitrogens with zero attached hydrogens (tertiary/aromatic N) is 3. The average molecular weight is 383 g/mol. The molecular weight excluding hydrogens is 363 g/mol. The second-order valence-corrected chi connectivity index (χ2v) is 7.48. The van der Waals surface area contributed by atoms with Gasteiger partial charge in [-0.3, -0.25) is 4.68 Å². The molecule has 0 saturated carbocycles. The molecule has 1 fully saturated rings. The lowest BCUT2D eigenvalue weighted by atomic mass is 10.0. The van der Waals surface area contributed by atoms with Crippen molar-refractivity contribution >= 4 is 6.09 Å². The van der Waals surface area contributed by atoms with Crippen LogP contribution in [0.5, 0.6) is 5.75 Å². The molecule has 2 aromatic rings. The second-order valence-electron chi connectivity index (χ2n) is 7.48. The fourth-order valence-electron chi connectivity index (χ4n) is 2.72. The Bertz CT molecular complexity index is 850. The molecule has 0 aliphatic carbocycles. The largest absolute Gasteiger partial charge is 0.507 e. The Morgan fingerprint density at radius 3 is 2.52 bits per heavy atom. The van der Waals surface area contributed by atoms with Crippen molar-refractivity contribution in [3.63, 3.8) is 0 Å². The number of ether oxygens (including phenoxy) is 1. The van der Waals surface area contributed by atoms with Gasteiger partial charge in [0, 0.05) is 30.4 Å². The van der Waals surface area contributed by atoms with Gasteiger partial charge in [0.1, 0.15) is 11.4 Å². The fourth-order valence-corrected chi connectivity index (χ4v) is 2.72. The molecule has 6 nitrogen and oxygen atoms in total. The molecule has 1 aromatic carbocycles. The zero-order valence-electron chi connectivity index (χ0n) is 15.1. The highest BCUT2D eigenvalue weighted by atomic mass is 19.4. The predicted molar refractivity (Wildman–Crippen MR) is 91.2 cm³/mol. The first-order valence-electron chi connectivity index (χ1n) is 8.37. The first-order chi connectivity index (χ1) is 12.4. The summed E-state index contributed by atoms with van der Waals surface area (Å²) in [6.45, 7) is 6.13. The Labute approximate surface area is 154 Å². The van der Waals surface area contributed by atoms with Gasteiger partial charge in [-0.2, -0.15) is 18.3 Å². The van der Waals surface area contributed by atoms with Gasteiger partial charge in [-0.25, -0.2) is 4.79 Å². The van der Waals surface area contributed by atoms with E-state index >= 15 is 0 Å². The zero-order valence-corrected chi connectivity index (χ0v) is 15.1. The minimum Gasteiger partial charge on any atom is -0.507 e.